The number of hydrogen-bond acceptors (Lipinski definition) is 2. The van der Waals surface area contributed by atoms with Gasteiger partial charge in [0.25, 0.3) is 0 Å². The van der Waals surface area contributed by atoms with Crippen LogP contribution in [0, 0.1) is 19.9 Å². The van der Waals surface area contributed by atoms with E-state index in [0.717, 1.165) is 40.4 Å². The van der Waals surface area contributed by atoms with Crippen LogP contribution in [-0.4, -0.2) is 14.5 Å². The molecule has 0 bridgehead atoms. The van der Waals surface area contributed by atoms with E-state index in [1.165, 1.54) is 0 Å². The molecule has 0 aliphatic heterocycles. The first-order valence-electron chi connectivity index (χ1n) is 6.52. The normalized spacial score (nSPS) is 11.1. The highest BCUT2D eigenvalue weighted by molar-refractivity contribution is 5.80. The highest BCUT2D eigenvalue weighted by Crippen LogP contribution is 2.24. The molecule has 3 aromatic rings. The lowest BCUT2D eigenvalue weighted by molar-refractivity contribution is 0.908. The Balaban J connectivity index is 2.39. The summed E-state index contributed by atoms with van der Waals surface area (Å²) < 4.78 is 2.21. The Morgan fingerprint density at radius 1 is 1.16 bits per heavy atom. The number of pyridine rings is 1. The van der Waals surface area contributed by atoms with Crippen molar-refractivity contribution in [3.05, 3.63) is 53.6 Å². The molecule has 3 nitrogen and oxygen atoms in total. The fourth-order valence-corrected chi connectivity index (χ4v) is 2.48. The molecular formula is C16H16N3. The number of rotatable bonds is 2. The van der Waals surface area contributed by atoms with E-state index in [9.17, 15) is 0 Å². The zero-order chi connectivity index (χ0) is 13.4. The fourth-order valence-electron chi connectivity index (χ4n) is 2.48. The molecule has 1 aromatic carbocycles. The number of imidazole rings is 1. The highest BCUT2D eigenvalue weighted by Gasteiger charge is 2.13. The molecule has 2 heterocycles. The van der Waals surface area contributed by atoms with Crippen LogP contribution in [0.1, 0.15) is 24.1 Å². The molecule has 2 aromatic heterocycles. The first-order valence-corrected chi connectivity index (χ1v) is 6.52. The van der Waals surface area contributed by atoms with Gasteiger partial charge in [-0.3, -0.25) is 9.55 Å². The van der Waals surface area contributed by atoms with Gasteiger partial charge in [-0.05, 0) is 38.1 Å². The van der Waals surface area contributed by atoms with Crippen LogP contribution in [0.3, 0.4) is 0 Å². The number of nitrogens with zero attached hydrogens (tertiary/aromatic N) is 3. The maximum Gasteiger partial charge on any atom is 0.114 e. The van der Waals surface area contributed by atoms with E-state index in [2.05, 4.69) is 40.7 Å². The lowest BCUT2D eigenvalue weighted by Crippen LogP contribution is -1.99. The number of benzene rings is 1. The van der Waals surface area contributed by atoms with Gasteiger partial charge < -0.3 is 0 Å². The van der Waals surface area contributed by atoms with E-state index in [1.807, 2.05) is 26.0 Å². The van der Waals surface area contributed by atoms with Crippen LogP contribution in [-0.2, 0) is 6.42 Å². The Hall–Kier alpha value is -2.16. The Bertz CT molecular complexity index is 727. The van der Waals surface area contributed by atoms with Crippen LogP contribution < -0.4 is 0 Å². The molecule has 95 valence electrons. The van der Waals surface area contributed by atoms with E-state index in [4.69, 9.17) is 4.98 Å². The molecule has 0 aliphatic rings. The number of fused-ring (bicyclic) bond motifs is 1. The standard InChI is InChI=1S/C16H16N3/c1-4-15-18-16-12(3)17-11(2)10-14(16)19(15)13-8-6-5-7-9-13/h6-10H,4H2,1-3H3. The minimum absolute atomic E-state index is 0.895. The lowest BCUT2D eigenvalue weighted by atomic mass is 10.2. The molecule has 0 N–H and O–H groups in total. The van der Waals surface area contributed by atoms with Crippen molar-refractivity contribution in [3.8, 4) is 5.69 Å². The van der Waals surface area contributed by atoms with Crippen molar-refractivity contribution in [2.24, 2.45) is 0 Å². The van der Waals surface area contributed by atoms with Crippen molar-refractivity contribution >= 4 is 11.0 Å². The number of aromatic nitrogens is 3. The summed E-state index contributed by atoms with van der Waals surface area (Å²) >= 11 is 0. The van der Waals surface area contributed by atoms with Crippen LogP contribution in [0.5, 0.6) is 0 Å². The first-order chi connectivity index (χ1) is 9.20. The van der Waals surface area contributed by atoms with Gasteiger partial charge >= 0.3 is 0 Å². The van der Waals surface area contributed by atoms with Gasteiger partial charge in [-0.15, -0.1) is 0 Å². The molecule has 0 saturated heterocycles. The van der Waals surface area contributed by atoms with Gasteiger partial charge in [0.1, 0.15) is 11.3 Å². The van der Waals surface area contributed by atoms with Crippen molar-refractivity contribution in [1.82, 2.24) is 14.5 Å². The van der Waals surface area contributed by atoms with Crippen LogP contribution in [0.25, 0.3) is 16.7 Å². The molecule has 19 heavy (non-hydrogen) atoms. The maximum atomic E-state index is 4.74. The quantitative estimate of drug-likeness (QED) is 0.698. The van der Waals surface area contributed by atoms with Crippen LogP contribution >= 0.6 is 0 Å². The van der Waals surface area contributed by atoms with Crippen LogP contribution in [0.4, 0.5) is 0 Å². The molecule has 0 spiro atoms. The van der Waals surface area contributed by atoms with E-state index in [1.54, 1.807) is 0 Å². The first kappa shape index (κ1) is 11.9. The monoisotopic (exact) mass is 250 g/mol. The third-order valence-electron chi connectivity index (χ3n) is 3.29. The van der Waals surface area contributed by atoms with Crippen molar-refractivity contribution in [2.45, 2.75) is 27.2 Å². The average Bonchev–Trinajstić information content (AvgIpc) is 2.78. The third-order valence-corrected chi connectivity index (χ3v) is 3.29. The Morgan fingerprint density at radius 2 is 1.89 bits per heavy atom. The van der Waals surface area contributed by atoms with Crippen molar-refractivity contribution in [3.63, 3.8) is 0 Å². The summed E-state index contributed by atoms with van der Waals surface area (Å²) in [6.45, 7) is 6.17. The molecule has 0 saturated carbocycles. The van der Waals surface area contributed by atoms with Crippen LogP contribution in [0.2, 0.25) is 0 Å². The topological polar surface area (TPSA) is 30.7 Å². The van der Waals surface area contributed by atoms with Crippen molar-refractivity contribution in [1.29, 1.82) is 0 Å². The second kappa shape index (κ2) is 4.50. The second-order valence-corrected chi connectivity index (χ2v) is 4.69. The Morgan fingerprint density at radius 3 is 2.58 bits per heavy atom. The molecule has 3 heteroatoms. The minimum Gasteiger partial charge on any atom is -0.296 e. The van der Waals surface area contributed by atoms with E-state index >= 15 is 0 Å². The largest absolute Gasteiger partial charge is 0.296 e. The Labute approximate surface area is 112 Å². The van der Waals surface area contributed by atoms with Gasteiger partial charge in [-0.25, -0.2) is 4.98 Å². The van der Waals surface area contributed by atoms with Gasteiger partial charge in [0, 0.05) is 17.8 Å². The van der Waals surface area contributed by atoms with Crippen LogP contribution in [0.15, 0.2) is 30.3 Å². The van der Waals surface area contributed by atoms with E-state index in [0.29, 0.717) is 0 Å². The summed E-state index contributed by atoms with van der Waals surface area (Å²) in [4.78, 5) is 9.24. The molecule has 1 radical (unpaired) electrons. The molecule has 0 aliphatic carbocycles. The molecule has 0 fully saturated rings. The summed E-state index contributed by atoms with van der Waals surface area (Å²) in [7, 11) is 0. The molecule has 0 atom stereocenters. The zero-order valence-corrected chi connectivity index (χ0v) is 11.4. The molecule has 0 unspecified atom stereocenters. The van der Waals surface area contributed by atoms with E-state index in [-0.39, 0.29) is 0 Å². The minimum atomic E-state index is 0.895. The van der Waals surface area contributed by atoms with Gasteiger partial charge in [0.2, 0.25) is 0 Å². The van der Waals surface area contributed by atoms with Gasteiger partial charge in [0.05, 0.1) is 11.2 Å². The van der Waals surface area contributed by atoms with Crippen molar-refractivity contribution < 1.29 is 0 Å². The molecule has 3 rings (SSSR count). The number of hydrogen-bond donors (Lipinski definition) is 0. The zero-order valence-electron chi connectivity index (χ0n) is 11.4. The SMILES string of the molecule is CCc1nc2c(C)nc(C)cc2n1-c1cc[c]cc1. The van der Waals surface area contributed by atoms with Crippen molar-refractivity contribution in [2.75, 3.05) is 0 Å². The predicted molar refractivity (Wildman–Crippen MR) is 76.6 cm³/mol. The lowest BCUT2D eigenvalue weighted by Gasteiger charge is -2.08. The Kier molecular flexibility index (Phi) is 2.82. The van der Waals surface area contributed by atoms with Gasteiger partial charge in [-0.2, -0.15) is 0 Å². The number of aryl methyl sites for hydroxylation is 3. The molecular weight excluding hydrogens is 234 g/mol. The summed E-state index contributed by atoms with van der Waals surface area (Å²) in [5, 5.41) is 0. The summed E-state index contributed by atoms with van der Waals surface area (Å²) in [6, 6.07) is 13.1. The maximum absolute atomic E-state index is 4.74. The van der Waals surface area contributed by atoms with Gasteiger partial charge in [-0.1, -0.05) is 19.1 Å². The fraction of sp³-hybridized carbons (Fsp3) is 0.250. The summed E-state index contributed by atoms with van der Waals surface area (Å²) in [6.07, 6.45) is 0.895. The third kappa shape index (κ3) is 1.91. The second-order valence-electron chi connectivity index (χ2n) is 4.69. The summed E-state index contributed by atoms with van der Waals surface area (Å²) in [5.41, 5.74) is 5.27. The summed E-state index contributed by atoms with van der Waals surface area (Å²) in [5.74, 6) is 1.07. The van der Waals surface area contributed by atoms with E-state index < -0.39 is 0 Å². The molecule has 0 amide bonds. The predicted octanol–water partition coefficient (Wildman–Crippen LogP) is 3.40. The van der Waals surface area contributed by atoms with Gasteiger partial charge in [0.15, 0.2) is 0 Å². The average molecular weight is 250 g/mol. The highest BCUT2D eigenvalue weighted by atomic mass is 15.1. The smallest absolute Gasteiger partial charge is 0.114 e.